The van der Waals surface area contributed by atoms with Gasteiger partial charge in [0, 0.05) is 38.9 Å². The smallest absolute Gasteiger partial charge is 0.191 e. The van der Waals surface area contributed by atoms with Gasteiger partial charge in [-0.3, -0.25) is 4.99 Å². The fourth-order valence-corrected chi connectivity index (χ4v) is 3.23. The van der Waals surface area contributed by atoms with E-state index in [1.807, 2.05) is 25.2 Å². The number of rotatable bonds is 8. The number of ether oxygens (including phenoxy) is 1. The van der Waals surface area contributed by atoms with Gasteiger partial charge < -0.3 is 15.4 Å². The van der Waals surface area contributed by atoms with E-state index >= 15 is 0 Å². The highest BCUT2D eigenvalue weighted by Crippen LogP contribution is 2.43. The van der Waals surface area contributed by atoms with Crippen molar-refractivity contribution in [2.45, 2.75) is 32.1 Å². The van der Waals surface area contributed by atoms with Crippen molar-refractivity contribution >= 4 is 17.6 Å². The van der Waals surface area contributed by atoms with E-state index in [4.69, 9.17) is 16.3 Å². The van der Waals surface area contributed by atoms with Crippen LogP contribution in [-0.2, 0) is 11.2 Å². The minimum absolute atomic E-state index is 0.389. The maximum Gasteiger partial charge on any atom is 0.191 e. The van der Waals surface area contributed by atoms with Gasteiger partial charge in [0.25, 0.3) is 0 Å². The van der Waals surface area contributed by atoms with Gasteiger partial charge in [0.15, 0.2) is 5.96 Å². The Bertz CT molecular complexity index is 515. The van der Waals surface area contributed by atoms with E-state index in [1.54, 1.807) is 7.11 Å². The fourth-order valence-electron chi connectivity index (χ4n) is 3.02. The van der Waals surface area contributed by atoms with Crippen molar-refractivity contribution in [3.8, 4) is 0 Å². The average Bonchev–Trinajstić information content (AvgIpc) is 2.51. The highest BCUT2D eigenvalue weighted by Gasteiger charge is 2.36. The van der Waals surface area contributed by atoms with E-state index < -0.39 is 0 Å². The number of benzene rings is 1. The van der Waals surface area contributed by atoms with Gasteiger partial charge in [0.05, 0.1) is 0 Å². The van der Waals surface area contributed by atoms with Gasteiger partial charge >= 0.3 is 0 Å². The Hall–Kier alpha value is -1.26. The first kappa shape index (κ1) is 18.1. The molecule has 0 amide bonds. The Labute approximate surface area is 144 Å². The number of halogens is 1. The molecule has 0 aromatic heterocycles. The molecule has 0 heterocycles. The molecule has 4 nitrogen and oxygen atoms in total. The van der Waals surface area contributed by atoms with Crippen LogP contribution in [0.15, 0.2) is 29.3 Å². The van der Waals surface area contributed by atoms with Crippen LogP contribution >= 0.6 is 11.6 Å². The van der Waals surface area contributed by atoms with E-state index in [-0.39, 0.29) is 0 Å². The maximum atomic E-state index is 6.01. The average molecular weight is 338 g/mol. The van der Waals surface area contributed by atoms with E-state index in [1.165, 1.54) is 24.8 Å². The number of nitrogens with zero attached hydrogens (tertiary/aromatic N) is 1. The molecule has 1 saturated carbocycles. The first-order chi connectivity index (χ1) is 11.2. The molecule has 1 aromatic rings. The van der Waals surface area contributed by atoms with Crippen LogP contribution in [0, 0.1) is 5.41 Å². The van der Waals surface area contributed by atoms with Crippen LogP contribution in [0.2, 0.25) is 5.02 Å². The zero-order chi connectivity index (χ0) is 16.5. The van der Waals surface area contributed by atoms with Crippen molar-refractivity contribution in [2.75, 3.05) is 33.9 Å². The van der Waals surface area contributed by atoms with Crippen molar-refractivity contribution < 1.29 is 4.74 Å². The predicted molar refractivity (Wildman–Crippen MR) is 97.3 cm³/mol. The van der Waals surface area contributed by atoms with Gasteiger partial charge in [-0.2, -0.15) is 0 Å². The lowest BCUT2D eigenvalue weighted by molar-refractivity contribution is 0.0732. The van der Waals surface area contributed by atoms with E-state index in [0.717, 1.165) is 43.5 Å². The molecule has 23 heavy (non-hydrogen) atoms. The third kappa shape index (κ3) is 5.70. The summed E-state index contributed by atoms with van der Waals surface area (Å²) in [5.74, 6) is 0.871. The maximum absolute atomic E-state index is 6.01. The molecule has 1 fully saturated rings. The summed E-state index contributed by atoms with van der Waals surface area (Å²) in [7, 11) is 3.59. The Morgan fingerprint density at radius 3 is 2.78 bits per heavy atom. The largest absolute Gasteiger partial charge is 0.385 e. The standard InChI is InChI=1S/C18H28ClN3O/c1-20-17(21-11-7-15-5-3-6-16(19)13-15)22-14-18(8-4-9-18)10-12-23-2/h3,5-6,13H,4,7-12,14H2,1-2H3,(H2,20,21,22). The van der Waals surface area contributed by atoms with Crippen molar-refractivity contribution in [2.24, 2.45) is 10.4 Å². The quantitative estimate of drug-likeness (QED) is 0.565. The predicted octanol–water partition coefficient (Wildman–Crippen LogP) is 3.25. The third-order valence-electron chi connectivity index (χ3n) is 4.70. The molecule has 1 aromatic carbocycles. The highest BCUT2D eigenvalue weighted by atomic mass is 35.5. The van der Waals surface area contributed by atoms with Crippen LogP contribution in [-0.4, -0.2) is 39.8 Å². The van der Waals surface area contributed by atoms with Crippen LogP contribution in [0.5, 0.6) is 0 Å². The van der Waals surface area contributed by atoms with Gasteiger partial charge in [0.1, 0.15) is 0 Å². The molecule has 0 unspecified atom stereocenters. The summed E-state index contributed by atoms with van der Waals surface area (Å²) in [5.41, 5.74) is 1.62. The zero-order valence-corrected chi connectivity index (χ0v) is 15.0. The van der Waals surface area contributed by atoms with Gasteiger partial charge in [-0.25, -0.2) is 0 Å². The van der Waals surface area contributed by atoms with Crippen molar-refractivity contribution in [3.05, 3.63) is 34.9 Å². The minimum atomic E-state index is 0.389. The number of methoxy groups -OCH3 is 1. The van der Waals surface area contributed by atoms with Crippen LogP contribution in [0.25, 0.3) is 0 Å². The second-order valence-corrected chi connectivity index (χ2v) is 6.77. The molecule has 0 atom stereocenters. The van der Waals surface area contributed by atoms with Gasteiger partial charge in [-0.1, -0.05) is 30.2 Å². The minimum Gasteiger partial charge on any atom is -0.385 e. The number of hydrogen-bond donors (Lipinski definition) is 2. The van der Waals surface area contributed by atoms with Crippen molar-refractivity contribution in [3.63, 3.8) is 0 Å². The Morgan fingerprint density at radius 1 is 1.35 bits per heavy atom. The molecule has 1 aliphatic rings. The van der Waals surface area contributed by atoms with E-state index in [0.29, 0.717) is 5.41 Å². The molecule has 2 N–H and O–H groups in total. The van der Waals surface area contributed by atoms with Gasteiger partial charge in [0.2, 0.25) is 0 Å². The van der Waals surface area contributed by atoms with Gasteiger partial charge in [-0.05, 0) is 48.8 Å². The molecule has 1 aliphatic carbocycles. The lowest BCUT2D eigenvalue weighted by Gasteiger charge is -2.42. The van der Waals surface area contributed by atoms with Crippen molar-refractivity contribution in [1.29, 1.82) is 0 Å². The topological polar surface area (TPSA) is 45.7 Å². The highest BCUT2D eigenvalue weighted by molar-refractivity contribution is 6.30. The summed E-state index contributed by atoms with van der Waals surface area (Å²) in [6.45, 7) is 2.64. The summed E-state index contributed by atoms with van der Waals surface area (Å²) in [4.78, 5) is 4.32. The number of guanidine groups is 1. The van der Waals surface area contributed by atoms with Crippen molar-refractivity contribution in [1.82, 2.24) is 10.6 Å². The second-order valence-electron chi connectivity index (χ2n) is 6.33. The summed E-state index contributed by atoms with van der Waals surface area (Å²) < 4.78 is 5.25. The Morgan fingerprint density at radius 2 is 2.17 bits per heavy atom. The van der Waals surface area contributed by atoms with Crippen LogP contribution in [0.4, 0.5) is 0 Å². The first-order valence-corrected chi connectivity index (χ1v) is 8.73. The van der Waals surface area contributed by atoms with Gasteiger partial charge in [-0.15, -0.1) is 0 Å². The normalized spacial score (nSPS) is 16.7. The summed E-state index contributed by atoms with van der Waals surface area (Å²) in [5, 5.41) is 7.64. The molecule has 2 rings (SSSR count). The zero-order valence-electron chi connectivity index (χ0n) is 14.2. The number of nitrogens with one attached hydrogen (secondary N) is 2. The molecule has 0 aliphatic heterocycles. The monoisotopic (exact) mass is 337 g/mol. The molecule has 128 valence electrons. The number of aliphatic imine (C=N–C) groups is 1. The third-order valence-corrected chi connectivity index (χ3v) is 4.94. The Kier molecular flexibility index (Phi) is 7.18. The van der Waals surface area contributed by atoms with E-state index in [2.05, 4.69) is 21.7 Å². The summed E-state index contributed by atoms with van der Waals surface area (Å²) >= 11 is 6.01. The SMILES string of the molecule is CN=C(NCCc1cccc(Cl)c1)NCC1(CCOC)CCC1. The molecule has 0 saturated heterocycles. The summed E-state index contributed by atoms with van der Waals surface area (Å²) in [6.07, 6.45) is 5.93. The Balaban J connectivity index is 1.73. The van der Waals surface area contributed by atoms with Crippen LogP contribution in [0.1, 0.15) is 31.2 Å². The molecule has 5 heteroatoms. The molecular weight excluding hydrogens is 310 g/mol. The molecule has 0 radical (unpaired) electrons. The summed E-state index contributed by atoms with van der Waals surface area (Å²) in [6, 6.07) is 7.99. The molecule has 0 bridgehead atoms. The second kappa shape index (κ2) is 9.14. The lowest BCUT2D eigenvalue weighted by atomic mass is 9.67. The fraction of sp³-hybridized carbons (Fsp3) is 0.611. The lowest BCUT2D eigenvalue weighted by Crippen LogP contribution is -2.47. The van der Waals surface area contributed by atoms with E-state index in [9.17, 15) is 0 Å². The molecular formula is C18H28ClN3O. The van der Waals surface area contributed by atoms with Crippen LogP contribution < -0.4 is 10.6 Å². The van der Waals surface area contributed by atoms with Crippen LogP contribution in [0.3, 0.4) is 0 Å². The number of hydrogen-bond acceptors (Lipinski definition) is 2. The first-order valence-electron chi connectivity index (χ1n) is 8.35. The molecule has 0 spiro atoms.